The van der Waals surface area contributed by atoms with Crippen molar-refractivity contribution in [1.82, 2.24) is 0 Å². The van der Waals surface area contributed by atoms with E-state index in [4.69, 9.17) is 0 Å². The second kappa shape index (κ2) is 8.26. The Morgan fingerprint density at radius 1 is 0.643 bits per heavy atom. The molecule has 0 radical (unpaired) electrons. The van der Waals surface area contributed by atoms with Gasteiger partial charge in [0.15, 0.2) is 0 Å². The summed E-state index contributed by atoms with van der Waals surface area (Å²) in [5.41, 5.74) is 4.56. The maximum Gasteiger partial charge on any atom is 0.147 e. The molecule has 2 unspecified atom stereocenters. The van der Waals surface area contributed by atoms with Crippen molar-refractivity contribution in [1.29, 1.82) is 0 Å². The van der Waals surface area contributed by atoms with Crippen molar-refractivity contribution in [3.05, 3.63) is 94.7 Å². The van der Waals surface area contributed by atoms with Gasteiger partial charge in [-0.2, -0.15) is 0 Å². The van der Waals surface area contributed by atoms with Crippen molar-refractivity contribution < 1.29 is 4.79 Å². The molecule has 0 saturated heterocycles. The summed E-state index contributed by atoms with van der Waals surface area (Å²) in [7, 11) is 0. The molecule has 0 aliphatic carbocycles. The Labute approximate surface area is 174 Å². The van der Waals surface area contributed by atoms with Gasteiger partial charge in [0.05, 0.1) is 0 Å². The Kier molecular flexibility index (Phi) is 5.56. The van der Waals surface area contributed by atoms with Gasteiger partial charge in [-0.3, -0.25) is 4.79 Å². The lowest BCUT2D eigenvalue weighted by atomic mass is 9.85. The first-order valence-electron chi connectivity index (χ1n) is 9.45. The van der Waals surface area contributed by atoms with Gasteiger partial charge in [-0.05, 0) is 45.1 Å². The van der Waals surface area contributed by atoms with Crippen molar-refractivity contribution in [2.45, 2.75) is 25.7 Å². The average molecular weight is 403 g/mol. The molecule has 0 spiro atoms. The van der Waals surface area contributed by atoms with Gasteiger partial charge in [-0.15, -0.1) is 22.7 Å². The molecule has 0 aliphatic rings. The first-order chi connectivity index (χ1) is 13.6. The largest absolute Gasteiger partial charge is 0.298 e. The maximum atomic E-state index is 13.1. The summed E-state index contributed by atoms with van der Waals surface area (Å²) >= 11 is 3.47. The third kappa shape index (κ3) is 3.87. The monoisotopic (exact) mass is 402 g/mol. The fourth-order valence-corrected chi connectivity index (χ4v) is 4.93. The molecule has 140 valence electrons. The zero-order valence-corrected chi connectivity index (χ0v) is 17.6. The van der Waals surface area contributed by atoms with E-state index in [0.29, 0.717) is 0 Å². The van der Waals surface area contributed by atoms with Crippen molar-refractivity contribution >= 4 is 28.5 Å². The molecule has 0 fully saturated rings. The molecule has 2 aromatic heterocycles. The smallest absolute Gasteiger partial charge is 0.147 e. The molecule has 2 aromatic carbocycles. The summed E-state index contributed by atoms with van der Waals surface area (Å²) in [6, 6.07) is 25.2. The Balaban J connectivity index is 1.48. The van der Waals surface area contributed by atoms with E-state index in [-0.39, 0.29) is 17.6 Å². The Bertz CT molecular complexity index is 941. The third-order valence-electron chi connectivity index (χ3n) is 5.29. The Hall–Kier alpha value is -2.49. The van der Waals surface area contributed by atoms with E-state index in [1.54, 1.807) is 22.7 Å². The summed E-state index contributed by atoms with van der Waals surface area (Å²) in [4.78, 5) is 15.6. The number of thiophene rings is 2. The average Bonchev–Trinajstić information content (AvgIpc) is 3.47. The minimum Gasteiger partial charge on any atom is -0.298 e. The Morgan fingerprint density at radius 2 is 1.04 bits per heavy atom. The maximum absolute atomic E-state index is 13.1. The van der Waals surface area contributed by atoms with Gasteiger partial charge in [0.2, 0.25) is 0 Å². The number of rotatable bonds is 6. The fraction of sp³-hybridized carbons (Fsp3) is 0.160. The molecular weight excluding hydrogens is 380 g/mol. The summed E-state index contributed by atoms with van der Waals surface area (Å²) in [6.45, 7) is 4.03. The van der Waals surface area contributed by atoms with Gasteiger partial charge < -0.3 is 0 Å². The van der Waals surface area contributed by atoms with E-state index in [1.807, 2.05) is 13.8 Å². The molecule has 4 rings (SSSR count). The molecule has 1 nitrogen and oxygen atoms in total. The number of hydrogen-bond acceptors (Lipinski definition) is 3. The van der Waals surface area contributed by atoms with Gasteiger partial charge in [0.1, 0.15) is 5.78 Å². The molecular formula is C25H22OS2. The molecule has 28 heavy (non-hydrogen) atoms. The number of ketones is 1. The van der Waals surface area contributed by atoms with Crippen LogP contribution in [0.4, 0.5) is 0 Å². The lowest BCUT2D eigenvalue weighted by molar-refractivity contribution is -0.121. The molecule has 0 aliphatic heterocycles. The summed E-state index contributed by atoms with van der Waals surface area (Å²) in [6.07, 6.45) is 0. The van der Waals surface area contributed by atoms with Crippen LogP contribution < -0.4 is 0 Å². The van der Waals surface area contributed by atoms with Crippen molar-refractivity contribution in [2.24, 2.45) is 0 Å². The molecule has 2 atom stereocenters. The summed E-state index contributed by atoms with van der Waals surface area (Å²) < 4.78 is 0. The molecule has 0 saturated carbocycles. The highest BCUT2D eigenvalue weighted by atomic mass is 32.1. The van der Waals surface area contributed by atoms with Crippen LogP contribution in [-0.4, -0.2) is 5.78 Å². The van der Waals surface area contributed by atoms with E-state index >= 15 is 0 Å². The Morgan fingerprint density at radius 3 is 1.36 bits per heavy atom. The van der Waals surface area contributed by atoms with Crippen molar-refractivity contribution in [2.75, 3.05) is 0 Å². The van der Waals surface area contributed by atoms with Gasteiger partial charge in [-0.25, -0.2) is 0 Å². The van der Waals surface area contributed by atoms with Gasteiger partial charge in [-0.1, -0.05) is 74.5 Å². The van der Waals surface area contributed by atoms with E-state index in [1.165, 1.54) is 20.9 Å². The SMILES string of the molecule is CC(C(=O)C(C)c1ccc(-c2cccs2)cc1)c1ccc(-c2cccs2)cc1. The quantitative estimate of drug-likeness (QED) is 0.324. The number of hydrogen-bond donors (Lipinski definition) is 0. The van der Waals surface area contributed by atoms with Crippen LogP contribution >= 0.6 is 22.7 Å². The highest BCUT2D eigenvalue weighted by Crippen LogP contribution is 2.31. The van der Waals surface area contributed by atoms with Crippen LogP contribution in [0.1, 0.15) is 36.8 Å². The summed E-state index contributed by atoms with van der Waals surface area (Å²) in [5.74, 6) is 0.0152. The highest BCUT2D eigenvalue weighted by molar-refractivity contribution is 7.13. The zero-order chi connectivity index (χ0) is 19.5. The second-order valence-corrected chi connectivity index (χ2v) is 8.94. The molecule has 0 N–H and O–H groups in total. The van der Waals surface area contributed by atoms with Crippen LogP contribution in [0.2, 0.25) is 0 Å². The zero-order valence-electron chi connectivity index (χ0n) is 16.0. The van der Waals surface area contributed by atoms with Gasteiger partial charge in [0.25, 0.3) is 0 Å². The van der Waals surface area contributed by atoms with E-state index in [0.717, 1.165) is 11.1 Å². The van der Waals surface area contributed by atoms with Crippen LogP contribution in [0.5, 0.6) is 0 Å². The van der Waals surface area contributed by atoms with Crippen LogP contribution in [0.15, 0.2) is 83.6 Å². The van der Waals surface area contributed by atoms with Crippen LogP contribution in [0.3, 0.4) is 0 Å². The predicted octanol–water partition coefficient (Wildman–Crippen LogP) is 7.62. The van der Waals surface area contributed by atoms with E-state index < -0.39 is 0 Å². The third-order valence-corrected chi connectivity index (χ3v) is 7.12. The van der Waals surface area contributed by atoms with Crippen LogP contribution in [0.25, 0.3) is 20.9 Å². The van der Waals surface area contributed by atoms with Crippen molar-refractivity contribution in [3.63, 3.8) is 0 Å². The molecule has 0 bridgehead atoms. The summed E-state index contributed by atoms with van der Waals surface area (Å²) in [5, 5.41) is 4.17. The topological polar surface area (TPSA) is 17.1 Å². The van der Waals surface area contributed by atoms with E-state index in [9.17, 15) is 4.79 Å². The fourth-order valence-electron chi connectivity index (χ4n) is 3.46. The number of benzene rings is 2. The first-order valence-corrected chi connectivity index (χ1v) is 11.2. The predicted molar refractivity (Wildman–Crippen MR) is 121 cm³/mol. The first kappa shape index (κ1) is 18.9. The number of carbonyl (C=O) groups excluding carboxylic acids is 1. The number of carbonyl (C=O) groups is 1. The van der Waals surface area contributed by atoms with E-state index in [2.05, 4.69) is 83.6 Å². The molecule has 4 aromatic rings. The highest BCUT2D eigenvalue weighted by Gasteiger charge is 2.23. The number of Topliss-reactive ketones (excluding diaryl/α,β-unsaturated/α-hetero) is 1. The lowest BCUT2D eigenvalue weighted by Gasteiger charge is -2.17. The van der Waals surface area contributed by atoms with Crippen LogP contribution in [0, 0.1) is 0 Å². The standard InChI is InChI=1S/C25H22OS2/c1-17(19-7-11-21(12-8-19)23-5-3-15-27-23)25(26)18(2)20-9-13-22(14-10-20)24-6-4-16-28-24/h3-18H,1-2H3. The van der Waals surface area contributed by atoms with Gasteiger partial charge >= 0.3 is 0 Å². The molecule has 0 amide bonds. The van der Waals surface area contributed by atoms with Crippen LogP contribution in [-0.2, 0) is 4.79 Å². The minimum atomic E-state index is -0.121. The minimum absolute atomic E-state index is 0.121. The lowest BCUT2D eigenvalue weighted by Crippen LogP contribution is -2.16. The normalized spacial score (nSPS) is 13.2. The van der Waals surface area contributed by atoms with Gasteiger partial charge in [0, 0.05) is 21.6 Å². The van der Waals surface area contributed by atoms with Crippen molar-refractivity contribution in [3.8, 4) is 20.9 Å². The molecule has 2 heterocycles. The second-order valence-electron chi connectivity index (χ2n) is 7.04. The molecule has 3 heteroatoms.